The van der Waals surface area contributed by atoms with Gasteiger partial charge in [0.25, 0.3) is 0 Å². The van der Waals surface area contributed by atoms with Crippen molar-refractivity contribution in [3.63, 3.8) is 0 Å². The van der Waals surface area contributed by atoms with E-state index in [4.69, 9.17) is 9.47 Å². The Morgan fingerprint density at radius 2 is 1.76 bits per heavy atom. The minimum Gasteiger partial charge on any atom is -0.497 e. The Morgan fingerprint density at radius 3 is 2.40 bits per heavy atom. The zero-order valence-electron chi connectivity index (χ0n) is 14.7. The minimum absolute atomic E-state index is 0.191. The molecule has 1 atom stereocenters. The molecule has 0 N–H and O–H groups in total. The lowest BCUT2D eigenvalue weighted by Crippen LogP contribution is -2.29. The first-order valence-corrected chi connectivity index (χ1v) is 9.68. The van der Waals surface area contributed by atoms with Crippen molar-refractivity contribution in [3.8, 4) is 11.5 Å². The summed E-state index contributed by atoms with van der Waals surface area (Å²) in [5, 5.41) is 0. The van der Waals surface area contributed by atoms with Crippen LogP contribution in [0.15, 0.2) is 47.4 Å². The van der Waals surface area contributed by atoms with E-state index in [1.165, 1.54) is 7.11 Å². The van der Waals surface area contributed by atoms with Gasteiger partial charge in [-0.1, -0.05) is 18.2 Å². The fourth-order valence-corrected chi connectivity index (χ4v) is 4.96. The molecule has 0 radical (unpaired) electrons. The third-order valence-corrected chi connectivity index (χ3v) is 6.56. The van der Waals surface area contributed by atoms with E-state index >= 15 is 0 Å². The quantitative estimate of drug-likeness (QED) is 0.821. The third kappa shape index (κ3) is 3.50. The van der Waals surface area contributed by atoms with Crippen LogP contribution >= 0.6 is 0 Å². The molecule has 1 aliphatic heterocycles. The summed E-state index contributed by atoms with van der Waals surface area (Å²) in [5.41, 5.74) is 2.03. The zero-order valence-corrected chi connectivity index (χ0v) is 15.5. The standard InChI is InChI=1S/C19H23NO4S/c1-14-4-9-18(24-3)19(12-14)25(21,22)20-11-10-16(13-20)15-5-7-17(23-2)8-6-15/h4-9,12,16H,10-11,13H2,1-3H3. The summed E-state index contributed by atoms with van der Waals surface area (Å²) in [6.45, 7) is 2.87. The Balaban J connectivity index is 1.84. The third-order valence-electron chi connectivity index (χ3n) is 4.68. The second-order valence-electron chi connectivity index (χ2n) is 6.28. The van der Waals surface area contributed by atoms with Crippen LogP contribution < -0.4 is 9.47 Å². The van der Waals surface area contributed by atoms with Gasteiger partial charge in [-0.2, -0.15) is 4.31 Å². The van der Waals surface area contributed by atoms with Gasteiger partial charge < -0.3 is 9.47 Å². The Morgan fingerprint density at radius 1 is 1.04 bits per heavy atom. The van der Waals surface area contributed by atoms with Crippen LogP contribution in [-0.2, 0) is 10.0 Å². The van der Waals surface area contributed by atoms with Crippen molar-refractivity contribution in [2.45, 2.75) is 24.2 Å². The van der Waals surface area contributed by atoms with Gasteiger partial charge in [-0.05, 0) is 54.7 Å². The molecule has 5 nitrogen and oxygen atoms in total. The van der Waals surface area contributed by atoms with Crippen molar-refractivity contribution in [2.24, 2.45) is 0 Å². The van der Waals surface area contributed by atoms with Gasteiger partial charge in [-0.3, -0.25) is 0 Å². The lowest BCUT2D eigenvalue weighted by atomic mass is 9.99. The molecule has 2 aromatic rings. The number of sulfonamides is 1. The highest BCUT2D eigenvalue weighted by molar-refractivity contribution is 7.89. The second-order valence-corrected chi connectivity index (χ2v) is 8.18. The summed E-state index contributed by atoms with van der Waals surface area (Å²) >= 11 is 0. The maximum Gasteiger partial charge on any atom is 0.246 e. The average molecular weight is 361 g/mol. The van der Waals surface area contributed by atoms with Crippen LogP contribution in [0, 0.1) is 6.92 Å². The molecule has 1 heterocycles. The van der Waals surface area contributed by atoms with Crippen molar-refractivity contribution in [2.75, 3.05) is 27.3 Å². The lowest BCUT2D eigenvalue weighted by Gasteiger charge is -2.19. The largest absolute Gasteiger partial charge is 0.497 e. The Hall–Kier alpha value is -2.05. The molecule has 0 bridgehead atoms. The lowest BCUT2D eigenvalue weighted by molar-refractivity contribution is 0.398. The molecule has 6 heteroatoms. The van der Waals surface area contributed by atoms with E-state index < -0.39 is 10.0 Å². The SMILES string of the molecule is COc1ccc(C2CCN(S(=O)(=O)c3cc(C)ccc3OC)C2)cc1. The highest BCUT2D eigenvalue weighted by Crippen LogP contribution is 2.34. The number of nitrogens with zero attached hydrogens (tertiary/aromatic N) is 1. The summed E-state index contributed by atoms with van der Waals surface area (Å²) in [6.07, 6.45) is 0.805. The summed E-state index contributed by atoms with van der Waals surface area (Å²) in [7, 11) is -0.447. The predicted octanol–water partition coefficient (Wildman–Crippen LogP) is 3.19. The maximum absolute atomic E-state index is 13.1. The molecule has 0 amide bonds. The van der Waals surface area contributed by atoms with Gasteiger partial charge in [0, 0.05) is 13.1 Å². The van der Waals surface area contributed by atoms with E-state index in [-0.39, 0.29) is 10.8 Å². The van der Waals surface area contributed by atoms with Crippen molar-refractivity contribution in [3.05, 3.63) is 53.6 Å². The first kappa shape index (κ1) is 17.8. The topological polar surface area (TPSA) is 55.8 Å². The van der Waals surface area contributed by atoms with E-state index in [0.717, 1.165) is 23.3 Å². The van der Waals surface area contributed by atoms with Crippen molar-refractivity contribution >= 4 is 10.0 Å². The van der Waals surface area contributed by atoms with Crippen LogP contribution in [0.2, 0.25) is 0 Å². The van der Waals surface area contributed by atoms with E-state index in [9.17, 15) is 8.42 Å². The van der Waals surface area contributed by atoms with Crippen LogP contribution in [0.4, 0.5) is 0 Å². The second kappa shape index (κ2) is 7.06. The first-order chi connectivity index (χ1) is 12.0. The molecule has 1 unspecified atom stereocenters. The van der Waals surface area contributed by atoms with Gasteiger partial charge in [0.15, 0.2) is 0 Å². The molecule has 2 aromatic carbocycles. The van der Waals surface area contributed by atoms with Gasteiger partial charge in [-0.25, -0.2) is 8.42 Å². The number of rotatable bonds is 5. The number of ether oxygens (including phenoxy) is 2. The van der Waals surface area contributed by atoms with Gasteiger partial charge in [0.1, 0.15) is 16.4 Å². The van der Waals surface area contributed by atoms with Crippen LogP contribution in [0.1, 0.15) is 23.5 Å². The molecular weight excluding hydrogens is 338 g/mol. The van der Waals surface area contributed by atoms with E-state index in [2.05, 4.69) is 0 Å². The molecule has 0 aromatic heterocycles. The number of methoxy groups -OCH3 is 2. The molecule has 1 aliphatic rings. The summed E-state index contributed by atoms with van der Waals surface area (Å²) < 4.78 is 38.1. The normalized spacial score (nSPS) is 18.3. The molecule has 0 spiro atoms. The van der Waals surface area contributed by atoms with Crippen molar-refractivity contribution < 1.29 is 17.9 Å². The minimum atomic E-state index is -3.57. The van der Waals surface area contributed by atoms with Crippen molar-refractivity contribution in [1.82, 2.24) is 4.31 Å². The van der Waals surface area contributed by atoms with Gasteiger partial charge >= 0.3 is 0 Å². The molecule has 25 heavy (non-hydrogen) atoms. The number of hydrogen-bond acceptors (Lipinski definition) is 4. The highest BCUT2D eigenvalue weighted by atomic mass is 32.2. The molecule has 0 saturated carbocycles. The van der Waals surface area contributed by atoms with Crippen LogP contribution in [0.25, 0.3) is 0 Å². The van der Waals surface area contributed by atoms with Crippen LogP contribution in [0.5, 0.6) is 11.5 Å². The Labute approximate surface area is 149 Å². The molecule has 134 valence electrons. The Kier molecular flexibility index (Phi) is 5.01. The highest BCUT2D eigenvalue weighted by Gasteiger charge is 2.34. The Bertz CT molecular complexity index is 846. The van der Waals surface area contributed by atoms with Gasteiger partial charge in [0.2, 0.25) is 10.0 Å². The summed E-state index contributed by atoms with van der Waals surface area (Å²) in [6, 6.07) is 13.1. The van der Waals surface area contributed by atoms with Gasteiger partial charge in [-0.15, -0.1) is 0 Å². The van der Waals surface area contributed by atoms with E-state index in [1.807, 2.05) is 37.3 Å². The maximum atomic E-state index is 13.1. The van der Waals surface area contributed by atoms with E-state index in [0.29, 0.717) is 18.8 Å². The molecule has 1 saturated heterocycles. The van der Waals surface area contributed by atoms with E-state index in [1.54, 1.807) is 23.5 Å². The molecule has 3 rings (SSSR count). The zero-order chi connectivity index (χ0) is 18.0. The number of hydrogen-bond donors (Lipinski definition) is 0. The summed E-state index contributed by atoms with van der Waals surface area (Å²) in [5.74, 6) is 1.38. The monoisotopic (exact) mass is 361 g/mol. The van der Waals surface area contributed by atoms with Gasteiger partial charge in [0.05, 0.1) is 14.2 Å². The van der Waals surface area contributed by atoms with Crippen molar-refractivity contribution in [1.29, 1.82) is 0 Å². The number of benzene rings is 2. The summed E-state index contributed by atoms with van der Waals surface area (Å²) in [4.78, 5) is 0.241. The smallest absolute Gasteiger partial charge is 0.246 e. The number of aryl methyl sites for hydroxylation is 1. The van der Waals surface area contributed by atoms with Crippen LogP contribution in [-0.4, -0.2) is 40.0 Å². The molecule has 1 fully saturated rings. The fraction of sp³-hybridized carbons (Fsp3) is 0.368. The molecular formula is C19H23NO4S. The molecule has 0 aliphatic carbocycles. The average Bonchev–Trinajstić information content (AvgIpc) is 3.12. The first-order valence-electron chi connectivity index (χ1n) is 8.24. The predicted molar refractivity (Wildman–Crippen MR) is 96.8 cm³/mol. The van der Waals surface area contributed by atoms with Crippen LogP contribution in [0.3, 0.4) is 0 Å². The fourth-order valence-electron chi connectivity index (χ4n) is 3.22.